The fourth-order valence-corrected chi connectivity index (χ4v) is 2.63. The largest absolute Gasteiger partial charge is 0.465 e. The van der Waals surface area contributed by atoms with E-state index in [1.165, 1.54) is 11.1 Å². The van der Waals surface area contributed by atoms with Gasteiger partial charge in [-0.05, 0) is 53.9 Å². The van der Waals surface area contributed by atoms with Crippen molar-refractivity contribution in [2.24, 2.45) is 11.8 Å². The minimum atomic E-state index is -0.872. The van der Waals surface area contributed by atoms with E-state index in [2.05, 4.69) is 32.9 Å². The maximum atomic E-state index is 12.3. The normalized spacial score (nSPS) is 12.7. The molecule has 0 amide bonds. The molecule has 0 aromatic rings. The van der Waals surface area contributed by atoms with Crippen LogP contribution in [0.25, 0.3) is 0 Å². The first-order chi connectivity index (χ1) is 11.4. The maximum Gasteiger partial charge on any atom is 0.320 e. The van der Waals surface area contributed by atoms with Crippen LogP contribution in [-0.4, -0.2) is 25.2 Å². The van der Waals surface area contributed by atoms with E-state index in [9.17, 15) is 9.59 Å². The number of hydrogen-bond donors (Lipinski definition) is 0. The summed E-state index contributed by atoms with van der Waals surface area (Å²) in [5.74, 6) is -2.02. The third-order valence-corrected chi connectivity index (χ3v) is 3.72. The van der Waals surface area contributed by atoms with Gasteiger partial charge in [-0.3, -0.25) is 9.59 Å². The van der Waals surface area contributed by atoms with Crippen molar-refractivity contribution in [3.8, 4) is 0 Å². The van der Waals surface area contributed by atoms with Crippen LogP contribution in [0.3, 0.4) is 0 Å². The summed E-state index contributed by atoms with van der Waals surface area (Å²) in [6, 6.07) is 0. The average Bonchev–Trinajstić information content (AvgIpc) is 2.47. The van der Waals surface area contributed by atoms with Gasteiger partial charge in [0.25, 0.3) is 0 Å². The number of ether oxygens (including phenoxy) is 2. The lowest BCUT2D eigenvalue weighted by Crippen LogP contribution is -2.34. The van der Waals surface area contributed by atoms with E-state index in [0.717, 1.165) is 25.7 Å². The predicted octanol–water partition coefficient (Wildman–Crippen LogP) is 4.84. The molecule has 0 aliphatic rings. The Morgan fingerprint density at radius 3 is 1.92 bits per heavy atom. The number of hydrogen-bond acceptors (Lipinski definition) is 4. The van der Waals surface area contributed by atoms with Gasteiger partial charge in [0.1, 0.15) is 0 Å². The van der Waals surface area contributed by atoms with E-state index < -0.39 is 17.9 Å². The summed E-state index contributed by atoms with van der Waals surface area (Å²) in [5, 5.41) is 0. The van der Waals surface area contributed by atoms with Gasteiger partial charge in [0.05, 0.1) is 13.2 Å². The Morgan fingerprint density at radius 1 is 0.958 bits per heavy atom. The molecule has 0 saturated heterocycles. The minimum absolute atomic E-state index is 0.181. The number of allylic oxidation sites excluding steroid dienone is 4. The van der Waals surface area contributed by atoms with Gasteiger partial charge in [0, 0.05) is 5.92 Å². The fourth-order valence-electron chi connectivity index (χ4n) is 2.63. The molecule has 0 heterocycles. The molecular formula is C20H34O4. The quantitative estimate of drug-likeness (QED) is 0.307. The first-order valence-corrected chi connectivity index (χ1v) is 9.01. The smallest absolute Gasteiger partial charge is 0.320 e. The summed E-state index contributed by atoms with van der Waals surface area (Å²) in [7, 11) is 0. The summed E-state index contributed by atoms with van der Waals surface area (Å²) < 4.78 is 10.2. The molecule has 24 heavy (non-hydrogen) atoms. The topological polar surface area (TPSA) is 52.6 Å². The lowest BCUT2D eigenvalue weighted by Gasteiger charge is -2.22. The van der Waals surface area contributed by atoms with Gasteiger partial charge in [0.15, 0.2) is 5.92 Å². The van der Waals surface area contributed by atoms with Gasteiger partial charge in [0.2, 0.25) is 0 Å². The SMILES string of the molecule is CCCC(/C=C(/C)CCC=C(C)C)C(C(=O)OCC)C(=O)OCC. The first kappa shape index (κ1) is 22.4. The molecule has 4 heteroatoms. The fraction of sp³-hybridized carbons (Fsp3) is 0.700. The molecule has 0 radical (unpaired) electrons. The Hall–Kier alpha value is -1.58. The molecule has 0 aliphatic carbocycles. The van der Waals surface area contributed by atoms with Crippen LogP contribution in [0.2, 0.25) is 0 Å². The molecule has 0 saturated carbocycles. The van der Waals surface area contributed by atoms with Crippen LogP contribution >= 0.6 is 0 Å². The Balaban J connectivity index is 5.30. The molecule has 1 atom stereocenters. The monoisotopic (exact) mass is 338 g/mol. The zero-order valence-corrected chi connectivity index (χ0v) is 16.2. The van der Waals surface area contributed by atoms with Crippen LogP contribution < -0.4 is 0 Å². The highest BCUT2D eigenvalue weighted by Gasteiger charge is 2.35. The van der Waals surface area contributed by atoms with Crippen LogP contribution in [0.4, 0.5) is 0 Å². The standard InChI is InChI=1S/C20H34O4/c1-7-11-17(14-16(6)13-10-12-15(4)5)18(19(21)23-8-2)20(22)24-9-3/h12,14,17-18H,7-11,13H2,1-6H3/b16-14-. The van der Waals surface area contributed by atoms with Gasteiger partial charge in [-0.25, -0.2) is 0 Å². The van der Waals surface area contributed by atoms with Crippen molar-refractivity contribution in [2.75, 3.05) is 13.2 Å². The van der Waals surface area contributed by atoms with Crippen molar-refractivity contribution in [2.45, 2.75) is 67.2 Å². The van der Waals surface area contributed by atoms with E-state index >= 15 is 0 Å². The summed E-state index contributed by atoms with van der Waals surface area (Å²) >= 11 is 0. The number of carbonyl (C=O) groups is 2. The van der Waals surface area contributed by atoms with Crippen LogP contribution in [0, 0.1) is 11.8 Å². The van der Waals surface area contributed by atoms with Crippen LogP contribution in [0.5, 0.6) is 0 Å². The molecule has 0 aliphatic heterocycles. The molecule has 0 aromatic heterocycles. The third-order valence-electron chi connectivity index (χ3n) is 3.72. The molecule has 0 rings (SSSR count). The Kier molecular flexibility index (Phi) is 12.0. The lowest BCUT2D eigenvalue weighted by atomic mass is 9.86. The highest BCUT2D eigenvalue weighted by molar-refractivity contribution is 5.95. The second-order valence-corrected chi connectivity index (χ2v) is 6.27. The van der Waals surface area contributed by atoms with Crippen molar-refractivity contribution in [3.05, 3.63) is 23.3 Å². The molecule has 0 bridgehead atoms. The van der Waals surface area contributed by atoms with E-state index in [1.807, 2.05) is 6.92 Å². The first-order valence-electron chi connectivity index (χ1n) is 9.01. The Labute approximate surface area is 147 Å². The van der Waals surface area contributed by atoms with Gasteiger partial charge >= 0.3 is 11.9 Å². The van der Waals surface area contributed by atoms with Crippen molar-refractivity contribution in [1.29, 1.82) is 0 Å². The van der Waals surface area contributed by atoms with Crippen molar-refractivity contribution >= 4 is 11.9 Å². The number of rotatable bonds is 11. The van der Waals surface area contributed by atoms with Crippen molar-refractivity contribution < 1.29 is 19.1 Å². The molecule has 0 N–H and O–H groups in total. The van der Waals surface area contributed by atoms with Gasteiger partial charge in [-0.2, -0.15) is 0 Å². The maximum absolute atomic E-state index is 12.3. The molecule has 4 nitrogen and oxygen atoms in total. The van der Waals surface area contributed by atoms with E-state index in [0.29, 0.717) is 0 Å². The second-order valence-electron chi connectivity index (χ2n) is 6.27. The molecular weight excluding hydrogens is 304 g/mol. The third kappa shape index (κ3) is 8.90. The number of carbonyl (C=O) groups excluding carboxylic acids is 2. The summed E-state index contributed by atoms with van der Waals surface area (Å²) in [5.41, 5.74) is 2.48. The molecule has 0 aromatic carbocycles. The Bertz CT molecular complexity index is 427. The predicted molar refractivity (Wildman–Crippen MR) is 97.6 cm³/mol. The molecule has 1 unspecified atom stereocenters. The summed E-state index contributed by atoms with van der Waals surface area (Å²) in [4.78, 5) is 24.6. The summed E-state index contributed by atoms with van der Waals surface area (Å²) in [6.45, 7) is 12.3. The van der Waals surface area contributed by atoms with Gasteiger partial charge in [-0.1, -0.05) is 36.6 Å². The molecule has 0 fully saturated rings. The van der Waals surface area contributed by atoms with E-state index in [4.69, 9.17) is 9.47 Å². The molecule has 0 spiro atoms. The van der Waals surface area contributed by atoms with Crippen molar-refractivity contribution in [1.82, 2.24) is 0 Å². The Morgan fingerprint density at radius 2 is 1.50 bits per heavy atom. The van der Waals surface area contributed by atoms with Gasteiger partial charge in [-0.15, -0.1) is 0 Å². The zero-order chi connectivity index (χ0) is 18.5. The van der Waals surface area contributed by atoms with E-state index in [-0.39, 0.29) is 19.1 Å². The summed E-state index contributed by atoms with van der Waals surface area (Å²) in [6.07, 6.45) is 7.78. The number of esters is 2. The lowest BCUT2D eigenvalue weighted by molar-refractivity contribution is -0.163. The van der Waals surface area contributed by atoms with Crippen LogP contribution in [0.1, 0.15) is 67.2 Å². The zero-order valence-electron chi connectivity index (χ0n) is 16.2. The second kappa shape index (κ2) is 12.8. The average molecular weight is 338 g/mol. The van der Waals surface area contributed by atoms with Crippen LogP contribution in [0.15, 0.2) is 23.3 Å². The highest BCUT2D eigenvalue weighted by atomic mass is 16.6. The van der Waals surface area contributed by atoms with Crippen molar-refractivity contribution in [3.63, 3.8) is 0 Å². The minimum Gasteiger partial charge on any atom is -0.465 e. The van der Waals surface area contributed by atoms with Gasteiger partial charge < -0.3 is 9.47 Å². The van der Waals surface area contributed by atoms with Crippen LogP contribution in [-0.2, 0) is 19.1 Å². The van der Waals surface area contributed by atoms with E-state index in [1.54, 1.807) is 13.8 Å². The molecule has 138 valence electrons. The highest BCUT2D eigenvalue weighted by Crippen LogP contribution is 2.25.